The van der Waals surface area contributed by atoms with Gasteiger partial charge in [0.1, 0.15) is 0 Å². The van der Waals surface area contributed by atoms with E-state index in [4.69, 9.17) is 0 Å². The summed E-state index contributed by atoms with van der Waals surface area (Å²) < 4.78 is 0. The lowest BCUT2D eigenvalue weighted by Crippen LogP contribution is -2.02. The van der Waals surface area contributed by atoms with Gasteiger partial charge in [-0.15, -0.1) is 0 Å². The number of nitro groups is 1. The van der Waals surface area contributed by atoms with Gasteiger partial charge < -0.3 is 10.2 Å². The summed E-state index contributed by atoms with van der Waals surface area (Å²) >= 11 is 0. The molecule has 0 unspecified atom stereocenters. The molecule has 0 saturated heterocycles. The molecule has 0 saturated carbocycles. The van der Waals surface area contributed by atoms with Crippen molar-refractivity contribution in [1.82, 2.24) is 4.98 Å². The Morgan fingerprint density at radius 1 is 1.16 bits per heavy atom. The predicted molar refractivity (Wildman–Crippen MR) is 64.1 cm³/mol. The number of carbonyl (C=O) groups is 1. The van der Waals surface area contributed by atoms with Crippen molar-refractivity contribution in [2.75, 3.05) is 0 Å². The number of aromatic nitrogens is 1. The summed E-state index contributed by atoms with van der Waals surface area (Å²) in [6.45, 7) is 0. The maximum Gasteiger partial charge on any atom is 0.315 e. The number of carbonyl (C=O) groups excluding carboxylic acids is 1. The molecule has 2 N–H and O–H groups in total. The third-order valence-electron chi connectivity index (χ3n) is 2.47. The Hall–Kier alpha value is -2.96. The highest BCUT2D eigenvalue weighted by molar-refractivity contribution is 6.09. The molecule has 96 valence electrons. The van der Waals surface area contributed by atoms with E-state index in [0.29, 0.717) is 0 Å². The smallest absolute Gasteiger partial charge is 0.315 e. The molecule has 0 aliphatic rings. The maximum atomic E-state index is 12.0. The third-order valence-corrected chi connectivity index (χ3v) is 2.47. The van der Waals surface area contributed by atoms with E-state index in [1.807, 2.05) is 0 Å². The molecule has 0 atom stereocenters. The van der Waals surface area contributed by atoms with Gasteiger partial charge in [0, 0.05) is 29.6 Å². The number of phenolic OH excluding ortho intramolecular Hbond substituents is 2. The Morgan fingerprint density at radius 2 is 1.79 bits per heavy atom. The minimum atomic E-state index is -0.877. The normalized spacial score (nSPS) is 10.1. The molecule has 1 aromatic heterocycles. The Morgan fingerprint density at radius 3 is 2.37 bits per heavy atom. The van der Waals surface area contributed by atoms with E-state index in [1.54, 1.807) is 0 Å². The topological polar surface area (TPSA) is 114 Å². The molecular formula is C12H8N2O5. The van der Waals surface area contributed by atoms with Gasteiger partial charge in [0.05, 0.1) is 4.92 Å². The number of benzene rings is 1. The number of nitro benzene ring substituents is 1. The maximum absolute atomic E-state index is 12.0. The van der Waals surface area contributed by atoms with E-state index >= 15 is 0 Å². The van der Waals surface area contributed by atoms with Crippen LogP contribution in [0.4, 0.5) is 5.69 Å². The zero-order valence-electron chi connectivity index (χ0n) is 9.48. The van der Waals surface area contributed by atoms with E-state index in [0.717, 1.165) is 12.1 Å². The molecule has 1 aromatic carbocycles. The number of aromatic hydroxyl groups is 2. The second-order valence-electron chi connectivity index (χ2n) is 3.69. The first-order valence-corrected chi connectivity index (χ1v) is 5.16. The van der Waals surface area contributed by atoms with E-state index in [9.17, 15) is 25.1 Å². The second kappa shape index (κ2) is 4.73. The lowest BCUT2D eigenvalue weighted by molar-refractivity contribution is -0.386. The summed E-state index contributed by atoms with van der Waals surface area (Å²) in [4.78, 5) is 25.6. The van der Waals surface area contributed by atoms with Gasteiger partial charge in [-0.25, -0.2) is 0 Å². The van der Waals surface area contributed by atoms with Crippen LogP contribution < -0.4 is 0 Å². The van der Waals surface area contributed by atoms with Crippen molar-refractivity contribution in [2.45, 2.75) is 0 Å². The van der Waals surface area contributed by atoms with Crippen LogP contribution in [0, 0.1) is 10.1 Å². The average Bonchev–Trinajstić information content (AvgIpc) is 2.41. The van der Waals surface area contributed by atoms with Crippen molar-refractivity contribution in [2.24, 2.45) is 0 Å². The van der Waals surface area contributed by atoms with Gasteiger partial charge in [0.15, 0.2) is 11.5 Å². The monoisotopic (exact) mass is 260 g/mol. The van der Waals surface area contributed by atoms with Gasteiger partial charge in [-0.3, -0.25) is 19.9 Å². The standard InChI is InChI=1S/C12H8N2O5/c15-10-6-8(5-9(12(10)17)14(18)19)11(16)7-1-3-13-4-2-7/h1-6,15,17H. The minimum Gasteiger partial charge on any atom is -0.504 e. The lowest BCUT2D eigenvalue weighted by Gasteiger charge is -2.04. The van der Waals surface area contributed by atoms with Gasteiger partial charge in [-0.1, -0.05) is 0 Å². The van der Waals surface area contributed by atoms with Gasteiger partial charge in [0.25, 0.3) is 0 Å². The summed E-state index contributed by atoms with van der Waals surface area (Å²) in [5.41, 5.74) is -0.542. The molecule has 0 fully saturated rings. The molecule has 0 aliphatic heterocycles. The molecule has 0 spiro atoms. The summed E-state index contributed by atoms with van der Waals surface area (Å²) in [6, 6.07) is 4.78. The van der Waals surface area contributed by atoms with Crippen LogP contribution in [0.3, 0.4) is 0 Å². The quantitative estimate of drug-likeness (QED) is 0.375. The SMILES string of the molecule is O=C(c1ccncc1)c1cc(O)c(O)c([N+](=O)[O-])c1. The predicted octanol–water partition coefficient (Wildman–Crippen LogP) is 1.63. The number of phenols is 2. The molecule has 0 radical (unpaired) electrons. The van der Waals surface area contributed by atoms with Crippen molar-refractivity contribution < 1.29 is 19.9 Å². The molecular weight excluding hydrogens is 252 g/mol. The van der Waals surface area contributed by atoms with Crippen molar-refractivity contribution in [3.63, 3.8) is 0 Å². The van der Waals surface area contributed by atoms with Crippen LogP contribution >= 0.6 is 0 Å². The molecule has 0 amide bonds. The van der Waals surface area contributed by atoms with Crippen molar-refractivity contribution in [3.8, 4) is 11.5 Å². The fraction of sp³-hybridized carbons (Fsp3) is 0. The van der Waals surface area contributed by atoms with E-state index in [1.165, 1.54) is 24.5 Å². The van der Waals surface area contributed by atoms with Crippen molar-refractivity contribution >= 4 is 11.5 Å². The Labute approximate surface area is 106 Å². The number of rotatable bonds is 3. The van der Waals surface area contributed by atoms with Crippen LogP contribution in [-0.4, -0.2) is 25.9 Å². The highest BCUT2D eigenvalue weighted by Gasteiger charge is 2.22. The third kappa shape index (κ3) is 2.34. The first-order valence-electron chi connectivity index (χ1n) is 5.16. The fourth-order valence-electron chi connectivity index (χ4n) is 1.54. The van der Waals surface area contributed by atoms with E-state index in [2.05, 4.69) is 4.98 Å². The molecule has 0 aliphatic carbocycles. The molecule has 0 bridgehead atoms. The Balaban J connectivity index is 2.52. The highest BCUT2D eigenvalue weighted by atomic mass is 16.6. The number of nitrogens with zero attached hydrogens (tertiary/aromatic N) is 2. The van der Waals surface area contributed by atoms with Crippen LogP contribution in [0.2, 0.25) is 0 Å². The van der Waals surface area contributed by atoms with Crippen molar-refractivity contribution in [3.05, 3.63) is 57.9 Å². The lowest BCUT2D eigenvalue weighted by atomic mass is 10.0. The molecule has 2 rings (SSSR count). The van der Waals surface area contributed by atoms with E-state index < -0.39 is 27.9 Å². The van der Waals surface area contributed by atoms with Crippen LogP contribution in [0.25, 0.3) is 0 Å². The average molecular weight is 260 g/mol. The minimum absolute atomic E-state index is 0.0896. The van der Waals surface area contributed by atoms with Crippen LogP contribution in [0.15, 0.2) is 36.7 Å². The summed E-state index contributed by atoms with van der Waals surface area (Å²) in [6.07, 6.45) is 2.81. The molecule has 1 heterocycles. The van der Waals surface area contributed by atoms with Crippen LogP contribution in [0.1, 0.15) is 15.9 Å². The number of ketones is 1. The highest BCUT2D eigenvalue weighted by Crippen LogP contribution is 2.36. The zero-order valence-corrected chi connectivity index (χ0v) is 9.48. The summed E-state index contributed by atoms with van der Waals surface area (Å²) in [7, 11) is 0. The molecule has 7 nitrogen and oxygen atoms in total. The van der Waals surface area contributed by atoms with Gasteiger partial charge >= 0.3 is 5.69 Å². The number of hydrogen-bond acceptors (Lipinski definition) is 6. The van der Waals surface area contributed by atoms with E-state index in [-0.39, 0.29) is 11.1 Å². The largest absolute Gasteiger partial charge is 0.504 e. The van der Waals surface area contributed by atoms with Gasteiger partial charge in [-0.2, -0.15) is 0 Å². The second-order valence-corrected chi connectivity index (χ2v) is 3.69. The number of hydrogen-bond donors (Lipinski definition) is 2. The Bertz CT molecular complexity index is 655. The molecule has 7 heteroatoms. The molecule has 19 heavy (non-hydrogen) atoms. The first-order chi connectivity index (χ1) is 9.00. The van der Waals surface area contributed by atoms with Gasteiger partial charge in [0.2, 0.25) is 5.75 Å². The van der Waals surface area contributed by atoms with Crippen molar-refractivity contribution in [1.29, 1.82) is 0 Å². The zero-order chi connectivity index (χ0) is 14.0. The van der Waals surface area contributed by atoms with Gasteiger partial charge in [-0.05, 0) is 18.2 Å². The van der Waals surface area contributed by atoms with Crippen LogP contribution in [-0.2, 0) is 0 Å². The Kier molecular flexibility index (Phi) is 3.11. The first kappa shape index (κ1) is 12.5. The van der Waals surface area contributed by atoms with Crippen LogP contribution in [0.5, 0.6) is 11.5 Å². The number of pyridine rings is 1. The summed E-state index contributed by atoms with van der Waals surface area (Å²) in [5.74, 6) is -2.09. The molecule has 2 aromatic rings. The summed E-state index contributed by atoms with van der Waals surface area (Å²) in [5, 5.41) is 29.4. The fourth-order valence-corrected chi connectivity index (χ4v) is 1.54.